The molecule has 1 amide bonds. The molecular weight excluding hydrogens is 216 g/mol. The third kappa shape index (κ3) is 3.17. The molecule has 2 heterocycles. The molecule has 2 rings (SSSR count). The van der Waals surface area contributed by atoms with E-state index >= 15 is 0 Å². The van der Waals surface area contributed by atoms with E-state index in [0.29, 0.717) is 5.82 Å². The van der Waals surface area contributed by atoms with Crippen LogP contribution in [0.15, 0.2) is 18.3 Å². The smallest absolute Gasteiger partial charge is 0.219 e. The van der Waals surface area contributed by atoms with Crippen molar-refractivity contribution in [2.45, 2.75) is 13.5 Å². The molecule has 1 saturated heterocycles. The fourth-order valence-electron chi connectivity index (χ4n) is 2.07. The minimum absolute atomic E-state index is 0.165. The molecule has 1 aromatic rings. The zero-order chi connectivity index (χ0) is 12.3. The zero-order valence-corrected chi connectivity index (χ0v) is 10.1. The van der Waals surface area contributed by atoms with Crippen LogP contribution in [-0.2, 0) is 11.3 Å². The van der Waals surface area contributed by atoms with Gasteiger partial charge in [0.05, 0.1) is 0 Å². The van der Waals surface area contributed by atoms with Crippen LogP contribution < -0.4 is 5.73 Å². The number of hydrogen-bond acceptors (Lipinski definition) is 4. The number of pyridine rings is 1. The van der Waals surface area contributed by atoms with Crippen LogP contribution in [0.2, 0.25) is 0 Å². The Morgan fingerprint density at radius 2 is 2.12 bits per heavy atom. The van der Waals surface area contributed by atoms with Crippen molar-refractivity contribution in [3.63, 3.8) is 0 Å². The predicted octanol–water partition coefficient (Wildman–Crippen LogP) is 0.328. The van der Waals surface area contributed by atoms with Gasteiger partial charge >= 0.3 is 0 Å². The number of carbonyl (C=O) groups is 1. The second kappa shape index (κ2) is 5.14. The van der Waals surface area contributed by atoms with Gasteiger partial charge in [-0.2, -0.15) is 0 Å². The van der Waals surface area contributed by atoms with Gasteiger partial charge in [0.1, 0.15) is 5.82 Å². The topological polar surface area (TPSA) is 62.5 Å². The number of nitrogen functional groups attached to an aromatic ring is 1. The van der Waals surface area contributed by atoms with Crippen LogP contribution in [0.1, 0.15) is 12.5 Å². The molecule has 0 aliphatic carbocycles. The molecular formula is C12H18N4O. The molecule has 1 aromatic heterocycles. The van der Waals surface area contributed by atoms with Crippen molar-refractivity contribution in [1.82, 2.24) is 14.8 Å². The molecule has 0 unspecified atom stereocenters. The van der Waals surface area contributed by atoms with Gasteiger partial charge in [0.25, 0.3) is 0 Å². The lowest BCUT2D eigenvalue weighted by Gasteiger charge is -2.34. The van der Waals surface area contributed by atoms with Crippen LogP contribution in [0.5, 0.6) is 0 Å². The van der Waals surface area contributed by atoms with Gasteiger partial charge in [0, 0.05) is 45.8 Å². The number of rotatable bonds is 2. The maximum absolute atomic E-state index is 11.2. The average molecular weight is 234 g/mol. The zero-order valence-electron chi connectivity index (χ0n) is 10.1. The Hall–Kier alpha value is -1.62. The van der Waals surface area contributed by atoms with Crippen molar-refractivity contribution < 1.29 is 4.79 Å². The standard InChI is InChI=1S/C12H18N4O/c1-10(17)16-6-4-15(5-7-16)9-11-2-3-14-12(13)8-11/h2-3,8H,4-7,9H2,1H3,(H2,13,14). The van der Waals surface area contributed by atoms with E-state index in [4.69, 9.17) is 5.73 Å². The highest BCUT2D eigenvalue weighted by atomic mass is 16.2. The molecule has 0 saturated carbocycles. The lowest BCUT2D eigenvalue weighted by molar-refractivity contribution is -0.130. The second-order valence-electron chi connectivity index (χ2n) is 4.37. The van der Waals surface area contributed by atoms with Crippen LogP contribution in [0, 0.1) is 0 Å². The molecule has 5 heteroatoms. The predicted molar refractivity (Wildman–Crippen MR) is 66.2 cm³/mol. The summed E-state index contributed by atoms with van der Waals surface area (Å²) in [5.41, 5.74) is 6.82. The van der Waals surface area contributed by atoms with Crippen molar-refractivity contribution in [1.29, 1.82) is 0 Å². The van der Waals surface area contributed by atoms with E-state index in [-0.39, 0.29) is 5.91 Å². The third-order valence-electron chi connectivity index (χ3n) is 3.07. The number of aromatic nitrogens is 1. The van der Waals surface area contributed by atoms with Gasteiger partial charge in [0.2, 0.25) is 5.91 Å². The largest absolute Gasteiger partial charge is 0.384 e. The summed E-state index contributed by atoms with van der Waals surface area (Å²) in [5, 5.41) is 0. The van der Waals surface area contributed by atoms with E-state index in [0.717, 1.165) is 32.7 Å². The van der Waals surface area contributed by atoms with Crippen molar-refractivity contribution in [2.75, 3.05) is 31.9 Å². The van der Waals surface area contributed by atoms with E-state index in [1.807, 2.05) is 17.0 Å². The van der Waals surface area contributed by atoms with Crippen LogP contribution in [0.3, 0.4) is 0 Å². The first kappa shape index (κ1) is 11.9. The monoisotopic (exact) mass is 234 g/mol. The molecule has 0 aromatic carbocycles. The minimum atomic E-state index is 0.165. The summed E-state index contributed by atoms with van der Waals surface area (Å²) in [6.45, 7) is 5.97. The molecule has 1 fully saturated rings. The molecule has 1 aliphatic heterocycles. The summed E-state index contributed by atoms with van der Waals surface area (Å²) >= 11 is 0. The quantitative estimate of drug-likeness (QED) is 0.801. The Labute approximate surface area is 101 Å². The van der Waals surface area contributed by atoms with Crippen molar-refractivity contribution in [2.24, 2.45) is 0 Å². The van der Waals surface area contributed by atoms with E-state index in [2.05, 4.69) is 9.88 Å². The summed E-state index contributed by atoms with van der Waals surface area (Å²) in [7, 11) is 0. The number of carbonyl (C=O) groups excluding carboxylic acids is 1. The first-order valence-corrected chi connectivity index (χ1v) is 5.83. The molecule has 1 aliphatic rings. The summed E-state index contributed by atoms with van der Waals surface area (Å²) in [6.07, 6.45) is 1.73. The highest BCUT2D eigenvalue weighted by molar-refractivity contribution is 5.73. The Morgan fingerprint density at radius 1 is 1.41 bits per heavy atom. The van der Waals surface area contributed by atoms with Crippen LogP contribution in [-0.4, -0.2) is 46.9 Å². The Balaban J connectivity index is 1.88. The van der Waals surface area contributed by atoms with Gasteiger partial charge in [-0.05, 0) is 17.7 Å². The Kier molecular flexibility index (Phi) is 3.58. The number of anilines is 1. The highest BCUT2D eigenvalue weighted by Gasteiger charge is 2.18. The van der Waals surface area contributed by atoms with Gasteiger partial charge in [0.15, 0.2) is 0 Å². The van der Waals surface area contributed by atoms with Gasteiger partial charge in [-0.25, -0.2) is 4.98 Å². The molecule has 17 heavy (non-hydrogen) atoms. The second-order valence-corrected chi connectivity index (χ2v) is 4.37. The van der Waals surface area contributed by atoms with Crippen LogP contribution in [0.4, 0.5) is 5.82 Å². The fraction of sp³-hybridized carbons (Fsp3) is 0.500. The van der Waals surface area contributed by atoms with Crippen LogP contribution >= 0.6 is 0 Å². The normalized spacial score (nSPS) is 17.1. The number of hydrogen-bond donors (Lipinski definition) is 1. The van der Waals surface area contributed by atoms with E-state index in [1.165, 1.54) is 5.56 Å². The van der Waals surface area contributed by atoms with Crippen molar-refractivity contribution in [3.8, 4) is 0 Å². The molecule has 0 radical (unpaired) electrons. The molecule has 5 nitrogen and oxygen atoms in total. The third-order valence-corrected chi connectivity index (χ3v) is 3.07. The molecule has 0 bridgehead atoms. The average Bonchev–Trinajstić information content (AvgIpc) is 2.29. The summed E-state index contributed by atoms with van der Waals surface area (Å²) in [4.78, 5) is 19.4. The van der Waals surface area contributed by atoms with E-state index in [1.54, 1.807) is 13.1 Å². The van der Waals surface area contributed by atoms with Gasteiger partial charge in [-0.15, -0.1) is 0 Å². The number of amides is 1. The summed E-state index contributed by atoms with van der Waals surface area (Å²) in [6, 6.07) is 3.88. The summed E-state index contributed by atoms with van der Waals surface area (Å²) in [5.74, 6) is 0.725. The lowest BCUT2D eigenvalue weighted by atomic mass is 10.2. The first-order valence-electron chi connectivity index (χ1n) is 5.83. The molecule has 0 atom stereocenters. The molecule has 2 N–H and O–H groups in total. The van der Waals surface area contributed by atoms with Gasteiger partial charge in [-0.3, -0.25) is 9.69 Å². The molecule has 92 valence electrons. The maximum Gasteiger partial charge on any atom is 0.219 e. The summed E-state index contributed by atoms with van der Waals surface area (Å²) < 4.78 is 0. The number of nitrogens with two attached hydrogens (primary N) is 1. The van der Waals surface area contributed by atoms with Crippen molar-refractivity contribution >= 4 is 11.7 Å². The SMILES string of the molecule is CC(=O)N1CCN(Cc2ccnc(N)c2)CC1. The van der Waals surface area contributed by atoms with E-state index < -0.39 is 0 Å². The Morgan fingerprint density at radius 3 is 2.71 bits per heavy atom. The van der Waals surface area contributed by atoms with Crippen LogP contribution in [0.25, 0.3) is 0 Å². The molecule has 0 spiro atoms. The number of nitrogens with zero attached hydrogens (tertiary/aromatic N) is 3. The lowest BCUT2D eigenvalue weighted by Crippen LogP contribution is -2.47. The fourth-order valence-corrected chi connectivity index (χ4v) is 2.07. The maximum atomic E-state index is 11.2. The number of piperazine rings is 1. The van der Waals surface area contributed by atoms with Gasteiger partial charge in [-0.1, -0.05) is 0 Å². The minimum Gasteiger partial charge on any atom is -0.384 e. The highest BCUT2D eigenvalue weighted by Crippen LogP contribution is 2.09. The first-order chi connectivity index (χ1) is 8.15. The Bertz CT molecular complexity index is 399. The van der Waals surface area contributed by atoms with Crippen molar-refractivity contribution in [3.05, 3.63) is 23.9 Å². The van der Waals surface area contributed by atoms with Gasteiger partial charge < -0.3 is 10.6 Å². The van der Waals surface area contributed by atoms with E-state index in [9.17, 15) is 4.79 Å².